The van der Waals surface area contributed by atoms with Crippen LogP contribution >= 0.6 is 0 Å². The van der Waals surface area contributed by atoms with Crippen molar-refractivity contribution in [3.63, 3.8) is 0 Å². The Morgan fingerprint density at radius 3 is 2.74 bits per heavy atom. The summed E-state index contributed by atoms with van der Waals surface area (Å²) in [5.74, 6) is 1.54. The van der Waals surface area contributed by atoms with Gasteiger partial charge in [0.25, 0.3) is 0 Å². The fourth-order valence-corrected chi connectivity index (χ4v) is 2.56. The molecule has 1 saturated heterocycles. The van der Waals surface area contributed by atoms with Gasteiger partial charge in [-0.05, 0) is 18.2 Å². The molecule has 2 heterocycles. The van der Waals surface area contributed by atoms with E-state index in [2.05, 4.69) is 37.2 Å². The third kappa shape index (κ3) is 4.40. The zero-order chi connectivity index (χ0) is 15.9. The van der Waals surface area contributed by atoms with Crippen LogP contribution in [-0.2, 0) is 4.74 Å². The van der Waals surface area contributed by atoms with Crippen LogP contribution in [0.1, 0.15) is 0 Å². The van der Waals surface area contributed by atoms with Gasteiger partial charge >= 0.3 is 0 Å². The molecule has 23 heavy (non-hydrogen) atoms. The number of nitrogens with one attached hydrogen (secondary N) is 1. The zero-order valence-electron chi connectivity index (χ0n) is 13.5. The number of anilines is 3. The molecule has 1 aliphatic heterocycles. The number of benzene rings is 1. The van der Waals surface area contributed by atoms with E-state index in [-0.39, 0.29) is 0 Å². The fraction of sp³-hybridized carbons (Fsp3) is 0.412. The third-order valence-corrected chi connectivity index (χ3v) is 3.94. The van der Waals surface area contributed by atoms with Crippen molar-refractivity contribution < 1.29 is 4.74 Å². The maximum absolute atomic E-state index is 5.36. The monoisotopic (exact) mass is 313 g/mol. The molecule has 122 valence electrons. The highest BCUT2D eigenvalue weighted by Gasteiger charge is 2.10. The fourth-order valence-electron chi connectivity index (χ4n) is 2.56. The van der Waals surface area contributed by atoms with E-state index in [0.717, 1.165) is 50.9 Å². The van der Waals surface area contributed by atoms with E-state index in [1.807, 2.05) is 31.3 Å². The van der Waals surface area contributed by atoms with Gasteiger partial charge in [-0.1, -0.05) is 18.2 Å². The number of ether oxygens (including phenoxy) is 1. The number of aromatic nitrogens is 2. The number of nitrogens with zero attached hydrogens (tertiary/aromatic N) is 4. The van der Waals surface area contributed by atoms with Gasteiger partial charge in [0.05, 0.1) is 13.2 Å². The quantitative estimate of drug-likeness (QED) is 0.880. The zero-order valence-corrected chi connectivity index (χ0v) is 13.5. The lowest BCUT2D eigenvalue weighted by molar-refractivity contribution is 0.0398. The molecule has 1 aliphatic rings. The van der Waals surface area contributed by atoms with Crippen molar-refractivity contribution in [2.75, 3.05) is 56.7 Å². The van der Waals surface area contributed by atoms with Crippen molar-refractivity contribution >= 4 is 17.5 Å². The van der Waals surface area contributed by atoms with E-state index in [1.54, 1.807) is 6.20 Å². The van der Waals surface area contributed by atoms with Crippen LogP contribution in [0, 0.1) is 0 Å². The summed E-state index contributed by atoms with van der Waals surface area (Å²) in [6, 6.07) is 12.1. The number of morpholine rings is 1. The van der Waals surface area contributed by atoms with Crippen molar-refractivity contribution in [2.24, 2.45) is 0 Å². The average Bonchev–Trinajstić information content (AvgIpc) is 2.63. The molecule has 1 fully saturated rings. The molecular formula is C17H23N5O. The highest BCUT2D eigenvalue weighted by molar-refractivity contribution is 5.59. The van der Waals surface area contributed by atoms with E-state index in [9.17, 15) is 0 Å². The van der Waals surface area contributed by atoms with Crippen LogP contribution < -0.4 is 10.2 Å². The van der Waals surface area contributed by atoms with Gasteiger partial charge in [-0.15, -0.1) is 0 Å². The summed E-state index contributed by atoms with van der Waals surface area (Å²) in [6.07, 6.45) is 1.79. The molecule has 1 aromatic carbocycles. The van der Waals surface area contributed by atoms with Crippen molar-refractivity contribution in [1.82, 2.24) is 14.9 Å². The Hall–Kier alpha value is -2.18. The van der Waals surface area contributed by atoms with Crippen LogP contribution in [0.25, 0.3) is 0 Å². The second-order valence-electron chi connectivity index (χ2n) is 5.51. The van der Waals surface area contributed by atoms with E-state index in [1.165, 1.54) is 0 Å². The maximum Gasteiger partial charge on any atom is 0.224 e. The van der Waals surface area contributed by atoms with Gasteiger partial charge in [-0.2, -0.15) is 4.98 Å². The highest BCUT2D eigenvalue weighted by atomic mass is 16.5. The lowest BCUT2D eigenvalue weighted by Gasteiger charge is -2.26. The molecule has 0 aliphatic carbocycles. The Morgan fingerprint density at radius 1 is 1.17 bits per heavy atom. The first kappa shape index (κ1) is 15.7. The normalized spacial score (nSPS) is 15.3. The molecule has 1 aromatic heterocycles. The summed E-state index contributed by atoms with van der Waals surface area (Å²) >= 11 is 0. The first-order chi connectivity index (χ1) is 11.3. The Labute approximate surface area is 137 Å². The van der Waals surface area contributed by atoms with Gasteiger partial charge in [0.15, 0.2) is 0 Å². The molecule has 0 atom stereocenters. The van der Waals surface area contributed by atoms with Crippen molar-refractivity contribution in [3.05, 3.63) is 42.6 Å². The van der Waals surface area contributed by atoms with Crippen molar-refractivity contribution in [2.45, 2.75) is 0 Å². The second-order valence-corrected chi connectivity index (χ2v) is 5.51. The largest absolute Gasteiger partial charge is 0.379 e. The molecule has 0 spiro atoms. The Bertz CT molecular complexity index is 601. The lowest BCUT2D eigenvalue weighted by Crippen LogP contribution is -2.39. The SMILES string of the molecule is CN(c1ccccc1)c1ccnc(NCCN2CCOCC2)n1. The molecule has 2 aromatic rings. The predicted molar refractivity (Wildman–Crippen MR) is 92.3 cm³/mol. The van der Waals surface area contributed by atoms with E-state index < -0.39 is 0 Å². The van der Waals surface area contributed by atoms with E-state index >= 15 is 0 Å². The molecule has 0 radical (unpaired) electrons. The van der Waals surface area contributed by atoms with Gasteiger partial charge in [-0.3, -0.25) is 4.90 Å². The van der Waals surface area contributed by atoms with Gasteiger partial charge in [0, 0.05) is 45.1 Å². The minimum absolute atomic E-state index is 0.665. The molecule has 6 nitrogen and oxygen atoms in total. The van der Waals surface area contributed by atoms with Crippen LogP contribution in [0.2, 0.25) is 0 Å². The predicted octanol–water partition coefficient (Wildman–Crippen LogP) is 1.99. The Kier molecular flexibility index (Phi) is 5.39. The summed E-state index contributed by atoms with van der Waals surface area (Å²) < 4.78 is 5.36. The van der Waals surface area contributed by atoms with Crippen molar-refractivity contribution in [1.29, 1.82) is 0 Å². The summed E-state index contributed by atoms with van der Waals surface area (Å²) in [5.41, 5.74) is 1.10. The number of rotatable bonds is 6. The second kappa shape index (κ2) is 7.89. The number of hydrogen-bond acceptors (Lipinski definition) is 6. The van der Waals surface area contributed by atoms with Gasteiger partial charge in [-0.25, -0.2) is 4.98 Å². The molecule has 3 rings (SSSR count). The Morgan fingerprint density at radius 2 is 1.96 bits per heavy atom. The molecule has 6 heteroatoms. The van der Waals surface area contributed by atoms with Crippen LogP contribution in [0.5, 0.6) is 0 Å². The van der Waals surface area contributed by atoms with E-state index in [0.29, 0.717) is 5.95 Å². The molecular weight excluding hydrogens is 290 g/mol. The minimum Gasteiger partial charge on any atom is -0.379 e. The topological polar surface area (TPSA) is 53.5 Å². The minimum atomic E-state index is 0.665. The lowest BCUT2D eigenvalue weighted by atomic mass is 10.3. The maximum atomic E-state index is 5.36. The van der Waals surface area contributed by atoms with E-state index in [4.69, 9.17) is 4.74 Å². The summed E-state index contributed by atoms with van der Waals surface area (Å²) in [6.45, 7) is 5.46. The van der Waals surface area contributed by atoms with Crippen LogP contribution in [0.4, 0.5) is 17.5 Å². The van der Waals surface area contributed by atoms with Gasteiger partial charge < -0.3 is 15.0 Å². The molecule has 0 amide bonds. The van der Waals surface area contributed by atoms with Crippen molar-refractivity contribution in [3.8, 4) is 0 Å². The summed E-state index contributed by atoms with van der Waals surface area (Å²) in [5, 5.41) is 3.31. The van der Waals surface area contributed by atoms with Gasteiger partial charge in [0.1, 0.15) is 5.82 Å². The van der Waals surface area contributed by atoms with Crippen LogP contribution in [-0.4, -0.2) is 61.3 Å². The summed E-state index contributed by atoms with van der Waals surface area (Å²) in [4.78, 5) is 13.3. The Balaban J connectivity index is 1.56. The van der Waals surface area contributed by atoms with Gasteiger partial charge in [0.2, 0.25) is 5.95 Å². The first-order valence-electron chi connectivity index (χ1n) is 7.99. The van der Waals surface area contributed by atoms with Crippen LogP contribution in [0.3, 0.4) is 0 Å². The smallest absolute Gasteiger partial charge is 0.224 e. The first-order valence-corrected chi connectivity index (χ1v) is 7.99. The average molecular weight is 313 g/mol. The molecule has 1 N–H and O–H groups in total. The summed E-state index contributed by atoms with van der Waals surface area (Å²) in [7, 11) is 2.01. The molecule has 0 unspecified atom stereocenters. The van der Waals surface area contributed by atoms with Crippen LogP contribution in [0.15, 0.2) is 42.6 Å². The number of hydrogen-bond donors (Lipinski definition) is 1. The highest BCUT2D eigenvalue weighted by Crippen LogP contribution is 2.21. The molecule has 0 bridgehead atoms. The third-order valence-electron chi connectivity index (χ3n) is 3.94. The standard InChI is InChI=1S/C17H23N5O/c1-21(15-5-3-2-4-6-15)16-7-8-18-17(20-16)19-9-10-22-11-13-23-14-12-22/h2-8H,9-14H2,1H3,(H,18,19,20). The molecule has 0 saturated carbocycles. The number of para-hydroxylation sites is 1.